The molecule has 4 atom stereocenters. The molecule has 0 bridgehead atoms. The minimum Gasteiger partial charge on any atom is -0.352 e. The van der Waals surface area contributed by atoms with E-state index >= 15 is 0 Å². The summed E-state index contributed by atoms with van der Waals surface area (Å²) in [5, 5.41) is 3.22. The van der Waals surface area contributed by atoms with Crippen LogP contribution in [0, 0.1) is 17.7 Å². The van der Waals surface area contributed by atoms with E-state index in [1.807, 2.05) is 11.8 Å². The number of rotatable bonds is 5. The van der Waals surface area contributed by atoms with Crippen LogP contribution >= 0.6 is 0 Å². The van der Waals surface area contributed by atoms with E-state index < -0.39 is 15.8 Å². The van der Waals surface area contributed by atoms with Gasteiger partial charge in [-0.2, -0.15) is 4.31 Å². The zero-order chi connectivity index (χ0) is 21.2. The summed E-state index contributed by atoms with van der Waals surface area (Å²) in [5.74, 6) is 0.642. The van der Waals surface area contributed by atoms with Crippen LogP contribution < -0.4 is 5.32 Å². The Morgan fingerprint density at radius 3 is 2.34 bits per heavy atom. The number of sulfonamides is 1. The van der Waals surface area contributed by atoms with Crippen molar-refractivity contribution in [2.45, 2.75) is 57.0 Å². The lowest BCUT2D eigenvalue weighted by atomic mass is 9.78. The van der Waals surface area contributed by atoms with Crippen LogP contribution in [0.4, 0.5) is 4.39 Å². The summed E-state index contributed by atoms with van der Waals surface area (Å²) in [5.41, 5.74) is 0. The zero-order valence-corrected chi connectivity index (χ0v) is 18.3. The molecule has 2 aliphatic rings. The maximum atomic E-state index is 13.1. The van der Waals surface area contributed by atoms with Crippen LogP contribution in [-0.4, -0.2) is 61.8 Å². The maximum Gasteiger partial charge on any atom is 0.243 e. The molecule has 2 fully saturated rings. The molecule has 3 rings (SSSR count). The summed E-state index contributed by atoms with van der Waals surface area (Å²) >= 11 is 0. The van der Waals surface area contributed by atoms with Crippen molar-refractivity contribution in [1.29, 1.82) is 0 Å². The van der Waals surface area contributed by atoms with Crippen molar-refractivity contribution in [2.75, 3.05) is 26.2 Å². The van der Waals surface area contributed by atoms with Gasteiger partial charge in [-0.05, 0) is 49.4 Å². The predicted octanol–water partition coefficient (Wildman–Crippen LogP) is 2.46. The largest absolute Gasteiger partial charge is 0.352 e. The van der Waals surface area contributed by atoms with Crippen molar-refractivity contribution in [3.63, 3.8) is 0 Å². The molecule has 0 unspecified atom stereocenters. The van der Waals surface area contributed by atoms with Crippen molar-refractivity contribution < 1.29 is 17.6 Å². The second-order valence-electron chi connectivity index (χ2n) is 8.45. The molecular weight excluding hydrogens is 393 g/mol. The fraction of sp³-hybridized carbons (Fsp3) is 0.667. The fourth-order valence-corrected chi connectivity index (χ4v) is 5.76. The van der Waals surface area contributed by atoms with Gasteiger partial charge in [-0.1, -0.05) is 26.7 Å². The van der Waals surface area contributed by atoms with Gasteiger partial charge < -0.3 is 5.32 Å². The quantitative estimate of drug-likeness (QED) is 0.787. The zero-order valence-electron chi connectivity index (χ0n) is 17.5. The molecule has 0 aromatic heterocycles. The number of piperazine rings is 1. The third kappa shape index (κ3) is 4.98. The van der Waals surface area contributed by atoms with Gasteiger partial charge in [-0.3, -0.25) is 9.69 Å². The fourth-order valence-electron chi connectivity index (χ4n) is 4.34. The van der Waals surface area contributed by atoms with Gasteiger partial charge in [0.05, 0.1) is 10.9 Å². The number of amides is 1. The molecule has 1 saturated carbocycles. The molecule has 1 aromatic rings. The third-order valence-electron chi connectivity index (χ3n) is 6.69. The van der Waals surface area contributed by atoms with Crippen molar-refractivity contribution in [1.82, 2.24) is 14.5 Å². The molecule has 6 nitrogen and oxygen atoms in total. The minimum absolute atomic E-state index is 0.0193. The van der Waals surface area contributed by atoms with E-state index in [0.29, 0.717) is 38.0 Å². The summed E-state index contributed by atoms with van der Waals surface area (Å²) in [6, 6.07) is 4.81. The first-order chi connectivity index (χ1) is 13.7. The van der Waals surface area contributed by atoms with Crippen LogP contribution in [0.3, 0.4) is 0 Å². The van der Waals surface area contributed by atoms with Crippen molar-refractivity contribution in [2.24, 2.45) is 11.8 Å². The van der Waals surface area contributed by atoms with Gasteiger partial charge in [0.2, 0.25) is 15.9 Å². The molecule has 1 saturated heterocycles. The lowest BCUT2D eigenvalue weighted by molar-refractivity contribution is -0.127. The molecule has 1 aliphatic heterocycles. The standard InChI is InChI=1S/C21H32FN3O3S/c1-15-5-4-6-20(16(15)2)23-21(26)17(3)24-11-13-25(14-12-24)29(27,28)19-9-7-18(22)8-10-19/h7-10,15-17,20H,4-6,11-14H2,1-3H3,(H,23,26)/t15-,16-,17-,20-/m1/s1. The summed E-state index contributed by atoms with van der Waals surface area (Å²) < 4.78 is 40.0. The highest BCUT2D eigenvalue weighted by molar-refractivity contribution is 7.89. The average Bonchev–Trinajstić information content (AvgIpc) is 2.71. The minimum atomic E-state index is -3.64. The normalized spacial score (nSPS) is 28.1. The third-order valence-corrected chi connectivity index (χ3v) is 8.60. The topological polar surface area (TPSA) is 69.7 Å². The van der Waals surface area contributed by atoms with Gasteiger partial charge in [0.15, 0.2) is 0 Å². The van der Waals surface area contributed by atoms with Crippen LogP contribution in [0.25, 0.3) is 0 Å². The first-order valence-corrected chi connectivity index (χ1v) is 11.9. The Balaban J connectivity index is 1.55. The number of halogens is 1. The number of nitrogens with one attached hydrogen (secondary N) is 1. The SMILES string of the molecule is C[C@@H]1[C@H](C)CCC[C@H]1NC(=O)[C@@H](C)N1CCN(S(=O)(=O)c2ccc(F)cc2)CC1. The second-order valence-corrected chi connectivity index (χ2v) is 10.4. The van der Waals surface area contributed by atoms with E-state index in [1.54, 1.807) is 0 Å². The van der Waals surface area contributed by atoms with Gasteiger partial charge in [-0.15, -0.1) is 0 Å². The molecule has 0 radical (unpaired) electrons. The molecule has 1 aliphatic carbocycles. The average molecular weight is 426 g/mol. The Kier molecular flexibility index (Phi) is 6.96. The maximum absolute atomic E-state index is 13.1. The number of hydrogen-bond donors (Lipinski definition) is 1. The highest BCUT2D eigenvalue weighted by Crippen LogP contribution is 2.29. The Labute approximate surface area is 173 Å². The van der Waals surface area contributed by atoms with Crippen LogP contribution in [0.2, 0.25) is 0 Å². The smallest absolute Gasteiger partial charge is 0.243 e. The lowest BCUT2D eigenvalue weighted by Crippen LogP contribution is -2.56. The highest BCUT2D eigenvalue weighted by atomic mass is 32.2. The number of nitrogens with zero attached hydrogens (tertiary/aromatic N) is 2. The van der Waals surface area contributed by atoms with Crippen LogP contribution in [0.15, 0.2) is 29.2 Å². The number of benzene rings is 1. The van der Waals surface area contributed by atoms with E-state index in [1.165, 1.54) is 22.9 Å². The molecule has 1 amide bonds. The number of hydrogen-bond acceptors (Lipinski definition) is 4. The van der Waals surface area contributed by atoms with E-state index in [9.17, 15) is 17.6 Å². The Morgan fingerprint density at radius 1 is 1.10 bits per heavy atom. The number of carbonyl (C=O) groups excluding carboxylic acids is 1. The molecule has 1 heterocycles. The Bertz CT molecular complexity index is 807. The second kappa shape index (κ2) is 9.10. The highest BCUT2D eigenvalue weighted by Gasteiger charge is 2.34. The van der Waals surface area contributed by atoms with Crippen molar-refractivity contribution in [3.8, 4) is 0 Å². The van der Waals surface area contributed by atoms with Crippen LogP contribution in [0.5, 0.6) is 0 Å². The molecule has 1 N–H and O–H groups in total. The van der Waals surface area contributed by atoms with Gasteiger partial charge in [-0.25, -0.2) is 12.8 Å². The first-order valence-electron chi connectivity index (χ1n) is 10.5. The monoisotopic (exact) mass is 425 g/mol. The van der Waals surface area contributed by atoms with Crippen LogP contribution in [0.1, 0.15) is 40.0 Å². The van der Waals surface area contributed by atoms with Gasteiger partial charge in [0, 0.05) is 32.2 Å². The van der Waals surface area contributed by atoms with E-state index in [2.05, 4.69) is 19.2 Å². The molecule has 8 heteroatoms. The predicted molar refractivity (Wildman–Crippen MR) is 110 cm³/mol. The summed E-state index contributed by atoms with van der Waals surface area (Å²) in [4.78, 5) is 14.9. The molecule has 29 heavy (non-hydrogen) atoms. The van der Waals surface area contributed by atoms with E-state index in [-0.39, 0.29) is 22.9 Å². The molecule has 1 aromatic carbocycles. The summed E-state index contributed by atoms with van der Waals surface area (Å²) in [6.45, 7) is 7.95. The first kappa shape index (κ1) is 22.2. The van der Waals surface area contributed by atoms with E-state index in [0.717, 1.165) is 25.0 Å². The van der Waals surface area contributed by atoms with E-state index in [4.69, 9.17) is 0 Å². The van der Waals surface area contributed by atoms with Crippen LogP contribution in [-0.2, 0) is 14.8 Å². The molecule has 162 valence electrons. The summed E-state index contributed by atoms with van der Waals surface area (Å²) in [7, 11) is -3.64. The van der Waals surface area contributed by atoms with Gasteiger partial charge in [0.1, 0.15) is 5.82 Å². The van der Waals surface area contributed by atoms with Gasteiger partial charge >= 0.3 is 0 Å². The Hall–Kier alpha value is -1.51. The molecular formula is C21H32FN3O3S. The van der Waals surface area contributed by atoms with Gasteiger partial charge in [0.25, 0.3) is 0 Å². The molecule has 0 spiro atoms. The Morgan fingerprint density at radius 2 is 1.72 bits per heavy atom. The summed E-state index contributed by atoms with van der Waals surface area (Å²) in [6.07, 6.45) is 3.38. The van der Waals surface area contributed by atoms with Crippen molar-refractivity contribution >= 4 is 15.9 Å². The lowest BCUT2D eigenvalue weighted by Gasteiger charge is -2.39. The number of carbonyl (C=O) groups is 1. The van der Waals surface area contributed by atoms with Crippen molar-refractivity contribution in [3.05, 3.63) is 30.1 Å².